The lowest BCUT2D eigenvalue weighted by molar-refractivity contribution is -0.140. The minimum absolute atomic E-state index is 0.00389. The molecule has 2 aliphatic carbocycles. The Morgan fingerprint density at radius 3 is 2.31 bits per heavy atom. The molecule has 1 saturated heterocycles. The minimum Gasteiger partial charge on any atom is -0.496 e. The number of fused-ring (bicyclic) bond motifs is 1. The molecular formula is C45H58F4N6O7S2. The van der Waals surface area contributed by atoms with E-state index in [-0.39, 0.29) is 22.9 Å². The average Bonchev–Trinajstić information content (AvgIpc) is 4.03. The number of H-pyrrole nitrogens is 1. The highest BCUT2D eigenvalue weighted by molar-refractivity contribution is 7.91. The molecule has 3 aliphatic rings. The van der Waals surface area contributed by atoms with Crippen molar-refractivity contribution in [2.24, 2.45) is 23.0 Å². The van der Waals surface area contributed by atoms with Crippen molar-refractivity contribution in [3.8, 4) is 16.5 Å². The number of benzene rings is 2. The monoisotopic (exact) mass is 934 g/mol. The number of primary amides is 1. The Kier molecular flexibility index (Phi) is 15.0. The molecule has 3 heterocycles. The molecule has 1 aliphatic heterocycles. The maximum atomic E-state index is 13.5. The van der Waals surface area contributed by atoms with Gasteiger partial charge in [-0.15, -0.1) is 11.3 Å². The molecule has 350 valence electrons. The summed E-state index contributed by atoms with van der Waals surface area (Å²) in [5.74, 6) is -1.26. The van der Waals surface area contributed by atoms with Crippen molar-refractivity contribution in [2.75, 3.05) is 19.0 Å². The number of carbonyl (C=O) groups excluding carboxylic acids is 3. The van der Waals surface area contributed by atoms with Crippen molar-refractivity contribution < 1.29 is 45.1 Å². The van der Waals surface area contributed by atoms with Gasteiger partial charge in [0.05, 0.1) is 34.3 Å². The number of ether oxygens (including phenoxy) is 1. The van der Waals surface area contributed by atoms with Gasteiger partial charge in [-0.1, -0.05) is 48.0 Å². The van der Waals surface area contributed by atoms with Gasteiger partial charge in [0, 0.05) is 40.5 Å². The lowest BCUT2D eigenvalue weighted by Crippen LogP contribution is -2.53. The summed E-state index contributed by atoms with van der Waals surface area (Å²) in [6.45, 7) is 15.4. The number of hydrogen-bond acceptors (Lipinski definition) is 10. The van der Waals surface area contributed by atoms with E-state index in [1.165, 1.54) is 4.90 Å². The molecule has 2 aromatic carbocycles. The SMILES string of the molecule is CC(C)(C)C(Nc1ccc(F)c(C(F)(F)F)c1)C(=O)N1CCCC1C(N)=O.CCC1CC1C(=O)NS(=O)(=O)C1(C)CC1.COc1ccc2c(=O)cc(-c3nc(C(C)C)cs3)[nH]c2c1C. The van der Waals surface area contributed by atoms with Crippen molar-refractivity contribution in [2.45, 2.75) is 123 Å². The maximum Gasteiger partial charge on any atom is 0.419 e. The molecule has 4 unspecified atom stereocenters. The summed E-state index contributed by atoms with van der Waals surface area (Å²) in [5.41, 5.74) is 6.75. The number of methoxy groups -OCH3 is 1. The van der Waals surface area contributed by atoms with Crippen LogP contribution in [0.25, 0.3) is 21.6 Å². The Labute approximate surface area is 375 Å². The molecule has 7 rings (SSSR count). The number of sulfonamides is 1. The first-order valence-electron chi connectivity index (χ1n) is 21.2. The fraction of sp³-hybridized carbons (Fsp3) is 0.533. The van der Waals surface area contributed by atoms with Crippen molar-refractivity contribution in [1.82, 2.24) is 19.6 Å². The average molecular weight is 935 g/mol. The number of halogens is 4. The highest BCUT2D eigenvalue weighted by Gasteiger charge is 2.52. The zero-order chi connectivity index (χ0) is 47.7. The quantitative estimate of drug-likeness (QED) is 0.107. The Hall–Kier alpha value is -5.04. The van der Waals surface area contributed by atoms with Crippen LogP contribution in [0.3, 0.4) is 0 Å². The topological polar surface area (TPSA) is 194 Å². The number of carbonyl (C=O) groups is 3. The fourth-order valence-corrected chi connectivity index (χ4v) is 9.64. The minimum atomic E-state index is -4.85. The van der Waals surface area contributed by atoms with E-state index in [4.69, 9.17) is 10.5 Å². The third-order valence-electron chi connectivity index (χ3n) is 12.0. The van der Waals surface area contributed by atoms with Crippen molar-refractivity contribution in [1.29, 1.82) is 0 Å². The third kappa shape index (κ3) is 11.4. The molecular weight excluding hydrogens is 877 g/mol. The molecule has 0 spiro atoms. The van der Waals surface area contributed by atoms with Crippen LogP contribution in [0.4, 0.5) is 23.2 Å². The number of nitrogens with one attached hydrogen (secondary N) is 3. The largest absolute Gasteiger partial charge is 0.496 e. The maximum absolute atomic E-state index is 13.5. The van der Waals surface area contributed by atoms with Gasteiger partial charge in [-0.05, 0) is 93.5 Å². The Bertz CT molecular complexity index is 2550. The van der Waals surface area contributed by atoms with Gasteiger partial charge >= 0.3 is 6.18 Å². The van der Waals surface area contributed by atoms with Crippen LogP contribution in [-0.4, -0.2) is 71.5 Å². The van der Waals surface area contributed by atoms with Crippen LogP contribution in [0.2, 0.25) is 0 Å². The molecule has 4 atom stereocenters. The second-order valence-electron chi connectivity index (χ2n) is 18.3. The van der Waals surface area contributed by atoms with E-state index in [2.05, 4.69) is 33.9 Å². The van der Waals surface area contributed by atoms with E-state index < -0.39 is 61.6 Å². The number of nitrogens with two attached hydrogens (primary N) is 1. The van der Waals surface area contributed by atoms with E-state index in [9.17, 15) is 45.2 Å². The van der Waals surface area contributed by atoms with E-state index in [0.717, 1.165) is 52.1 Å². The summed E-state index contributed by atoms with van der Waals surface area (Å²) in [5, 5.41) is 6.33. The van der Waals surface area contributed by atoms with Crippen LogP contribution in [0, 0.1) is 30.0 Å². The van der Waals surface area contributed by atoms with E-state index in [1.54, 1.807) is 58.3 Å². The van der Waals surface area contributed by atoms with Crippen molar-refractivity contribution in [3.63, 3.8) is 0 Å². The highest BCUT2D eigenvalue weighted by Crippen LogP contribution is 2.45. The molecule has 5 N–H and O–H groups in total. The molecule has 3 fully saturated rings. The third-order valence-corrected chi connectivity index (χ3v) is 15.0. The molecule has 4 aromatic rings. The molecule has 19 heteroatoms. The number of aromatic nitrogens is 2. The van der Waals surface area contributed by atoms with Gasteiger partial charge in [-0.2, -0.15) is 13.2 Å². The van der Waals surface area contributed by atoms with E-state index >= 15 is 0 Å². The van der Waals surface area contributed by atoms with Gasteiger partial charge in [0.25, 0.3) is 0 Å². The number of aryl methyl sites for hydroxylation is 1. The van der Waals surface area contributed by atoms with Gasteiger partial charge in [0.2, 0.25) is 27.7 Å². The summed E-state index contributed by atoms with van der Waals surface area (Å²) < 4.78 is 82.7. The predicted octanol–water partition coefficient (Wildman–Crippen LogP) is 8.27. The van der Waals surface area contributed by atoms with Crippen LogP contribution in [0.1, 0.15) is 110 Å². The lowest BCUT2D eigenvalue weighted by atomic mass is 9.85. The van der Waals surface area contributed by atoms with Crippen molar-refractivity contribution >= 4 is 55.7 Å². The number of thiazole rings is 1. The number of amides is 3. The first kappa shape index (κ1) is 50.0. The van der Waals surface area contributed by atoms with Crippen LogP contribution in [0.5, 0.6) is 5.75 Å². The van der Waals surface area contributed by atoms with Gasteiger partial charge in [-0.3, -0.25) is 23.9 Å². The second kappa shape index (κ2) is 19.2. The number of rotatable bonds is 11. The summed E-state index contributed by atoms with van der Waals surface area (Å²) in [4.78, 5) is 57.9. The summed E-state index contributed by atoms with van der Waals surface area (Å²) in [6, 6.07) is 6.07. The smallest absolute Gasteiger partial charge is 0.419 e. The van der Waals surface area contributed by atoms with Gasteiger partial charge < -0.3 is 25.7 Å². The zero-order valence-electron chi connectivity index (χ0n) is 37.5. The molecule has 0 radical (unpaired) electrons. The van der Waals surface area contributed by atoms with Crippen LogP contribution in [-0.2, 0) is 30.6 Å². The Balaban J connectivity index is 0.000000188. The normalized spacial score (nSPS) is 19.5. The van der Waals surface area contributed by atoms with Gasteiger partial charge in [0.1, 0.15) is 28.7 Å². The molecule has 0 bridgehead atoms. The number of aromatic amines is 1. The summed E-state index contributed by atoms with van der Waals surface area (Å²) in [6.07, 6.45) is -0.661. The number of likely N-dealkylation sites (tertiary alicyclic amines) is 1. The van der Waals surface area contributed by atoms with E-state index in [1.807, 2.05) is 25.3 Å². The Morgan fingerprint density at radius 2 is 1.78 bits per heavy atom. The summed E-state index contributed by atoms with van der Waals surface area (Å²) >= 11 is 1.55. The number of nitrogens with zero attached hydrogens (tertiary/aromatic N) is 2. The number of hydrogen-bond donors (Lipinski definition) is 4. The fourth-order valence-electron chi connectivity index (χ4n) is 7.39. The summed E-state index contributed by atoms with van der Waals surface area (Å²) in [7, 11) is -1.79. The molecule has 64 heavy (non-hydrogen) atoms. The predicted molar refractivity (Wildman–Crippen MR) is 240 cm³/mol. The van der Waals surface area contributed by atoms with Crippen LogP contribution < -0.4 is 25.9 Å². The van der Waals surface area contributed by atoms with Crippen molar-refractivity contribution in [3.05, 3.63) is 74.6 Å². The molecule has 13 nitrogen and oxygen atoms in total. The first-order chi connectivity index (χ1) is 29.7. The van der Waals surface area contributed by atoms with Crippen LogP contribution in [0.15, 0.2) is 46.6 Å². The molecule has 2 saturated carbocycles. The number of anilines is 1. The number of pyridine rings is 1. The zero-order valence-corrected chi connectivity index (χ0v) is 39.2. The van der Waals surface area contributed by atoms with Crippen LogP contribution >= 0.6 is 11.3 Å². The molecule has 3 amide bonds. The van der Waals surface area contributed by atoms with Gasteiger partial charge in [0.15, 0.2) is 5.43 Å². The Morgan fingerprint density at radius 1 is 1.11 bits per heavy atom. The highest BCUT2D eigenvalue weighted by atomic mass is 32.2. The lowest BCUT2D eigenvalue weighted by Gasteiger charge is -2.35. The second-order valence-corrected chi connectivity index (χ2v) is 21.3. The van der Waals surface area contributed by atoms with Gasteiger partial charge in [-0.25, -0.2) is 17.8 Å². The number of alkyl halides is 3. The standard InChI is InChI=1S/C18H23F4N3O2.C17H18N2O2S.C10H17NO3S/c1-17(2,3)14(16(27)25-8-4-5-13(25)15(23)26)24-10-6-7-12(19)11(9-10)18(20,21)22;1-9(2)13-8-22-17(19-13)12-7-14(20)11-5-6-15(21-4)10(3)16(11)18-12;1-3-7-6-8(7)9(12)11-15(13,14)10(2)4-5-10/h6-7,9,13-14,24H,4-5,8H2,1-3H3,(H2,23,26);5-9H,1-4H3,(H,18,20);7-8H,3-6H2,1-2H3,(H,11,12). The molecule has 2 aromatic heterocycles. The first-order valence-corrected chi connectivity index (χ1v) is 23.5. The van der Waals surface area contributed by atoms with E-state index in [0.29, 0.717) is 61.6 Å².